The van der Waals surface area contributed by atoms with E-state index >= 15 is 4.39 Å². The van der Waals surface area contributed by atoms with E-state index in [2.05, 4.69) is 34.9 Å². The molecule has 4 aliphatic rings. The highest BCUT2D eigenvalue weighted by Gasteiger charge is 2.46. The maximum atomic E-state index is 16.9. The molecule has 4 saturated heterocycles. The van der Waals surface area contributed by atoms with Crippen molar-refractivity contribution in [3.05, 3.63) is 59.9 Å². The molecule has 5 heterocycles. The molecule has 0 N–H and O–H groups in total. The van der Waals surface area contributed by atoms with Crippen molar-refractivity contribution in [2.75, 3.05) is 37.7 Å². The van der Waals surface area contributed by atoms with E-state index in [-0.39, 0.29) is 47.3 Å². The second-order valence-electron chi connectivity index (χ2n) is 13.3. The fraction of sp³-hybridized carbons (Fsp3) is 0.444. The highest BCUT2D eigenvalue weighted by Crippen LogP contribution is 2.41. The highest BCUT2D eigenvalue weighted by molar-refractivity contribution is 6.02. The van der Waals surface area contributed by atoms with Crippen LogP contribution in [0.3, 0.4) is 0 Å². The smallest absolute Gasteiger partial charge is 0.319 e. The zero-order valence-electron chi connectivity index (χ0n) is 25.6. The molecule has 4 fully saturated rings. The van der Waals surface area contributed by atoms with Crippen molar-refractivity contribution in [3.63, 3.8) is 0 Å². The van der Waals surface area contributed by atoms with Gasteiger partial charge in [0.15, 0.2) is 5.82 Å². The highest BCUT2D eigenvalue weighted by atomic mass is 19.1. The molecular formula is C36H37FN6O2. The normalized spacial score (nSPS) is 22.2. The monoisotopic (exact) mass is 604 g/mol. The van der Waals surface area contributed by atoms with Crippen molar-refractivity contribution >= 4 is 33.4 Å². The summed E-state index contributed by atoms with van der Waals surface area (Å²) in [7, 11) is 0. The lowest BCUT2D eigenvalue weighted by Crippen LogP contribution is -2.56. The van der Waals surface area contributed by atoms with Crippen LogP contribution >= 0.6 is 0 Å². The maximum absolute atomic E-state index is 16.9. The van der Waals surface area contributed by atoms with Crippen molar-refractivity contribution in [1.82, 2.24) is 19.8 Å². The van der Waals surface area contributed by atoms with Crippen LogP contribution in [0.5, 0.6) is 6.01 Å². The number of carbonyl (C=O) groups excluding carboxylic acids is 1. The van der Waals surface area contributed by atoms with Gasteiger partial charge in [-0.05, 0) is 86.5 Å². The largest absolute Gasteiger partial charge is 0.461 e. The molecule has 8 nitrogen and oxygen atoms in total. The number of nitriles is 1. The predicted molar refractivity (Wildman–Crippen MR) is 172 cm³/mol. The number of nitrogens with zero attached hydrogens (tertiary/aromatic N) is 6. The molecule has 0 unspecified atom stereocenters. The second-order valence-corrected chi connectivity index (χ2v) is 13.3. The molecule has 0 aliphatic carbocycles. The number of ether oxygens (including phenoxy) is 1. The van der Waals surface area contributed by atoms with E-state index in [1.807, 2.05) is 41.3 Å². The lowest BCUT2D eigenvalue weighted by Gasteiger charge is -2.41. The first-order valence-electron chi connectivity index (χ1n) is 16.3. The number of hydrogen-bond acceptors (Lipinski definition) is 7. The van der Waals surface area contributed by atoms with E-state index in [0.717, 1.165) is 73.5 Å². The van der Waals surface area contributed by atoms with Crippen molar-refractivity contribution in [3.8, 4) is 23.2 Å². The molecule has 2 bridgehead atoms. The lowest BCUT2D eigenvalue weighted by atomic mass is 9.94. The molecule has 0 radical (unpaired) electrons. The van der Waals surface area contributed by atoms with Crippen LogP contribution in [-0.4, -0.2) is 76.1 Å². The minimum atomic E-state index is -0.385. The van der Waals surface area contributed by atoms with Crippen LogP contribution in [0.1, 0.15) is 50.5 Å². The summed E-state index contributed by atoms with van der Waals surface area (Å²) < 4.78 is 23.3. The molecule has 230 valence electrons. The number of rotatable bonds is 6. The van der Waals surface area contributed by atoms with Gasteiger partial charge in [-0.1, -0.05) is 42.5 Å². The molecular weight excluding hydrogens is 567 g/mol. The molecule has 0 saturated carbocycles. The number of anilines is 1. The summed E-state index contributed by atoms with van der Waals surface area (Å²) >= 11 is 0. The van der Waals surface area contributed by atoms with Crippen LogP contribution in [0.4, 0.5) is 10.2 Å². The van der Waals surface area contributed by atoms with Crippen LogP contribution in [0.2, 0.25) is 0 Å². The number of fused-ring (bicyclic) bond motifs is 5. The van der Waals surface area contributed by atoms with Crippen LogP contribution in [0.15, 0.2) is 48.5 Å². The summed E-state index contributed by atoms with van der Waals surface area (Å²) in [4.78, 5) is 29.1. The van der Waals surface area contributed by atoms with Crippen LogP contribution in [0.25, 0.3) is 32.8 Å². The Labute approximate surface area is 262 Å². The van der Waals surface area contributed by atoms with Crippen molar-refractivity contribution in [2.24, 2.45) is 0 Å². The minimum Gasteiger partial charge on any atom is -0.461 e. The van der Waals surface area contributed by atoms with Gasteiger partial charge in [-0.25, -0.2) is 4.39 Å². The van der Waals surface area contributed by atoms with Crippen LogP contribution < -0.4 is 9.64 Å². The lowest BCUT2D eigenvalue weighted by molar-refractivity contribution is -0.133. The Morgan fingerprint density at radius 2 is 1.76 bits per heavy atom. The van der Waals surface area contributed by atoms with Crippen LogP contribution in [-0.2, 0) is 4.79 Å². The van der Waals surface area contributed by atoms with E-state index in [4.69, 9.17) is 20.0 Å². The summed E-state index contributed by atoms with van der Waals surface area (Å²) in [6.45, 7) is 5.87. The van der Waals surface area contributed by atoms with Crippen molar-refractivity contribution in [2.45, 2.75) is 69.5 Å². The van der Waals surface area contributed by atoms with Gasteiger partial charge in [0.1, 0.15) is 24.4 Å². The number of amides is 1. The van der Waals surface area contributed by atoms with Crippen molar-refractivity contribution in [1.29, 1.82) is 5.26 Å². The van der Waals surface area contributed by atoms with Crippen LogP contribution in [0, 0.1) is 24.1 Å². The SMILES string of the molecule is Cc1cccc2cccc(-c3ccc4c(N5C[C@H]6CC[C@@H](C5)N6C(=O)CC#N)nc(OCC56CCCN5CCC6)nc4c3F)c12. The van der Waals surface area contributed by atoms with Gasteiger partial charge in [-0.2, -0.15) is 15.2 Å². The summed E-state index contributed by atoms with van der Waals surface area (Å²) in [5.74, 6) is 0.148. The molecule has 4 aromatic rings. The molecule has 3 aromatic carbocycles. The third kappa shape index (κ3) is 4.61. The standard InChI is InChI=1S/C36H37FN6O2/c1-23-6-2-7-24-8-3-9-27(31(23)24)28-12-13-29-33(32(28)37)39-35(45-22-36-15-4-18-42(36)19-5-16-36)40-34(29)41-20-25-10-11-26(21-41)43(25)30(44)14-17-38/h2-3,6-9,12-13,25-26H,4-5,10-11,14-16,18-22H2,1H3/t25-,26+. The van der Waals surface area contributed by atoms with Gasteiger partial charge < -0.3 is 14.5 Å². The van der Waals surface area contributed by atoms with Gasteiger partial charge >= 0.3 is 6.01 Å². The average Bonchev–Trinajstić information content (AvgIpc) is 3.71. The summed E-state index contributed by atoms with van der Waals surface area (Å²) in [5, 5.41) is 11.9. The number of piperazine rings is 1. The topological polar surface area (TPSA) is 85.6 Å². The zero-order valence-corrected chi connectivity index (χ0v) is 25.6. The van der Waals surface area contributed by atoms with Gasteiger partial charge in [0.2, 0.25) is 5.91 Å². The average molecular weight is 605 g/mol. The molecule has 0 spiro atoms. The molecule has 8 rings (SSSR count). The number of aromatic nitrogens is 2. The van der Waals surface area contributed by atoms with Gasteiger partial charge in [-0.3, -0.25) is 9.69 Å². The van der Waals surface area contributed by atoms with E-state index in [1.165, 1.54) is 0 Å². The molecule has 2 atom stereocenters. The van der Waals surface area contributed by atoms with E-state index in [9.17, 15) is 4.79 Å². The van der Waals surface area contributed by atoms with Gasteiger partial charge in [-0.15, -0.1) is 0 Å². The predicted octanol–water partition coefficient (Wildman–Crippen LogP) is 6.00. The third-order valence-electron chi connectivity index (χ3n) is 10.8. The van der Waals surface area contributed by atoms with Gasteiger partial charge in [0.25, 0.3) is 0 Å². The Balaban J connectivity index is 1.22. The minimum absolute atomic E-state index is 0.00515. The Hall–Kier alpha value is -4.29. The first kappa shape index (κ1) is 28.2. The summed E-state index contributed by atoms with van der Waals surface area (Å²) in [6.07, 6.45) is 6.15. The number of benzene rings is 3. The Morgan fingerprint density at radius 3 is 2.49 bits per heavy atom. The summed E-state index contributed by atoms with van der Waals surface area (Å²) in [6, 6.07) is 18.1. The number of halogens is 1. The second kappa shape index (κ2) is 11.0. The van der Waals surface area contributed by atoms with E-state index in [1.54, 1.807) is 0 Å². The number of aryl methyl sites for hydroxylation is 1. The Bertz CT molecular complexity index is 1840. The number of carbonyl (C=O) groups is 1. The van der Waals surface area contributed by atoms with E-state index < -0.39 is 0 Å². The van der Waals surface area contributed by atoms with Gasteiger partial charge in [0.05, 0.1) is 11.6 Å². The maximum Gasteiger partial charge on any atom is 0.319 e. The molecule has 9 heteroatoms. The zero-order chi connectivity index (χ0) is 30.7. The quantitative estimate of drug-likeness (QED) is 0.267. The van der Waals surface area contributed by atoms with E-state index in [0.29, 0.717) is 36.5 Å². The van der Waals surface area contributed by atoms with Crippen molar-refractivity contribution < 1.29 is 13.9 Å². The molecule has 1 amide bonds. The molecule has 4 aliphatic heterocycles. The molecule has 1 aromatic heterocycles. The third-order valence-corrected chi connectivity index (χ3v) is 10.8. The Morgan fingerprint density at radius 1 is 1.02 bits per heavy atom. The summed E-state index contributed by atoms with van der Waals surface area (Å²) in [5.41, 5.74) is 2.68. The Kier molecular flexibility index (Phi) is 6.86. The van der Waals surface area contributed by atoms with Gasteiger partial charge in [0, 0.05) is 36.1 Å². The first-order chi connectivity index (χ1) is 22.0. The first-order valence-corrected chi connectivity index (χ1v) is 16.3. The molecule has 45 heavy (non-hydrogen) atoms. The fourth-order valence-electron chi connectivity index (χ4n) is 8.69. The number of hydrogen-bond donors (Lipinski definition) is 0. The fourth-order valence-corrected chi connectivity index (χ4v) is 8.69.